The smallest absolute Gasteiger partial charge is 0.271 e. The molecule has 2 aromatic rings. The number of rotatable bonds is 4. The third kappa shape index (κ3) is 3.64. The average molecular weight is 255 g/mol. The first-order valence-electron chi connectivity index (χ1n) is 5.68. The van der Waals surface area contributed by atoms with Crippen LogP contribution in [-0.2, 0) is 0 Å². The van der Waals surface area contributed by atoms with Gasteiger partial charge in [-0.2, -0.15) is 5.10 Å². The summed E-state index contributed by atoms with van der Waals surface area (Å²) >= 11 is 0. The molecule has 0 bridgehead atoms. The van der Waals surface area contributed by atoms with Gasteiger partial charge >= 0.3 is 0 Å². The van der Waals surface area contributed by atoms with E-state index in [0.29, 0.717) is 17.0 Å². The molecule has 0 radical (unpaired) electrons. The predicted molar refractivity (Wildman–Crippen MR) is 72.3 cm³/mol. The molecule has 5 nitrogen and oxygen atoms in total. The third-order valence-corrected chi connectivity index (χ3v) is 2.38. The van der Waals surface area contributed by atoms with Crippen molar-refractivity contribution in [1.82, 2.24) is 10.4 Å². The Morgan fingerprint density at radius 3 is 2.95 bits per heavy atom. The van der Waals surface area contributed by atoms with Crippen molar-refractivity contribution in [3.8, 4) is 5.75 Å². The molecule has 2 rings (SSSR count). The van der Waals surface area contributed by atoms with E-state index in [-0.39, 0.29) is 5.91 Å². The first-order valence-corrected chi connectivity index (χ1v) is 5.68. The number of carbonyl (C=O) groups is 1. The van der Waals surface area contributed by atoms with E-state index in [1.807, 2.05) is 12.1 Å². The normalized spacial score (nSPS) is 10.4. The highest BCUT2D eigenvalue weighted by molar-refractivity contribution is 5.95. The molecule has 96 valence electrons. The van der Waals surface area contributed by atoms with Crippen LogP contribution in [0.3, 0.4) is 0 Å². The van der Waals surface area contributed by atoms with Crippen molar-refractivity contribution in [2.45, 2.75) is 0 Å². The Labute approximate surface area is 110 Å². The molecule has 1 N–H and O–H groups in total. The number of nitrogens with one attached hydrogen (secondary N) is 1. The Balaban J connectivity index is 1.99. The highest BCUT2D eigenvalue weighted by atomic mass is 16.5. The predicted octanol–water partition coefficient (Wildman–Crippen LogP) is 1.85. The van der Waals surface area contributed by atoms with E-state index in [4.69, 9.17) is 4.74 Å². The number of aromatic nitrogens is 1. The lowest BCUT2D eigenvalue weighted by molar-refractivity contribution is 0.0955. The van der Waals surface area contributed by atoms with Crippen molar-refractivity contribution in [3.63, 3.8) is 0 Å². The van der Waals surface area contributed by atoms with E-state index in [9.17, 15) is 4.79 Å². The minimum Gasteiger partial charge on any atom is -0.497 e. The molecule has 1 aromatic heterocycles. The van der Waals surface area contributed by atoms with Crippen LogP contribution in [0.1, 0.15) is 16.1 Å². The minimum atomic E-state index is -0.300. The van der Waals surface area contributed by atoms with Crippen LogP contribution in [0.2, 0.25) is 0 Å². The lowest BCUT2D eigenvalue weighted by Gasteiger charge is -2.02. The number of amides is 1. The van der Waals surface area contributed by atoms with Crippen molar-refractivity contribution >= 4 is 12.1 Å². The fraction of sp³-hybridized carbons (Fsp3) is 0.0714. The summed E-state index contributed by atoms with van der Waals surface area (Å²) in [5.74, 6) is 0.326. The molecule has 0 spiro atoms. The summed E-state index contributed by atoms with van der Waals surface area (Å²) in [7, 11) is 1.55. The van der Waals surface area contributed by atoms with Crippen molar-refractivity contribution in [2.75, 3.05) is 7.11 Å². The van der Waals surface area contributed by atoms with E-state index in [1.165, 1.54) is 6.21 Å². The Hall–Kier alpha value is -2.69. The van der Waals surface area contributed by atoms with Gasteiger partial charge in [0.1, 0.15) is 5.75 Å². The van der Waals surface area contributed by atoms with Crippen molar-refractivity contribution in [3.05, 3.63) is 59.9 Å². The zero-order valence-electron chi connectivity index (χ0n) is 10.4. The molecule has 0 atom stereocenters. The third-order valence-electron chi connectivity index (χ3n) is 2.38. The van der Waals surface area contributed by atoms with Gasteiger partial charge in [-0.1, -0.05) is 12.1 Å². The van der Waals surface area contributed by atoms with Gasteiger partial charge in [-0.3, -0.25) is 9.78 Å². The summed E-state index contributed by atoms with van der Waals surface area (Å²) in [5.41, 5.74) is 3.59. The zero-order chi connectivity index (χ0) is 13.5. The molecule has 0 aliphatic rings. The maximum absolute atomic E-state index is 11.8. The summed E-state index contributed by atoms with van der Waals surface area (Å²) in [6.07, 6.45) is 3.14. The SMILES string of the molecule is COc1cccc(C(=O)N/N=C/c2ccccn2)c1. The van der Waals surface area contributed by atoms with Gasteiger partial charge in [-0.05, 0) is 30.3 Å². The van der Waals surface area contributed by atoms with E-state index >= 15 is 0 Å². The number of ether oxygens (including phenoxy) is 1. The van der Waals surface area contributed by atoms with Gasteiger partial charge in [0, 0.05) is 11.8 Å². The molecule has 0 fully saturated rings. The van der Waals surface area contributed by atoms with Crippen LogP contribution in [0.25, 0.3) is 0 Å². The molecular weight excluding hydrogens is 242 g/mol. The number of pyridine rings is 1. The Bertz CT molecular complexity index is 582. The van der Waals surface area contributed by atoms with E-state index in [2.05, 4.69) is 15.5 Å². The quantitative estimate of drug-likeness (QED) is 0.670. The monoisotopic (exact) mass is 255 g/mol. The van der Waals surface area contributed by atoms with Gasteiger partial charge < -0.3 is 4.74 Å². The number of methoxy groups -OCH3 is 1. The molecule has 19 heavy (non-hydrogen) atoms. The van der Waals surface area contributed by atoms with Gasteiger partial charge in [-0.15, -0.1) is 0 Å². The maximum atomic E-state index is 11.8. The topological polar surface area (TPSA) is 63.6 Å². The first kappa shape index (κ1) is 12.8. The molecule has 0 aliphatic heterocycles. The molecule has 1 amide bonds. The number of benzene rings is 1. The molecule has 5 heteroatoms. The van der Waals surface area contributed by atoms with Gasteiger partial charge in [0.15, 0.2) is 0 Å². The molecule has 0 aliphatic carbocycles. The minimum absolute atomic E-state index is 0.300. The zero-order valence-corrected chi connectivity index (χ0v) is 10.4. The number of hydrazone groups is 1. The number of carbonyl (C=O) groups excluding carboxylic acids is 1. The van der Waals surface area contributed by atoms with Crippen LogP contribution in [0.5, 0.6) is 5.75 Å². The van der Waals surface area contributed by atoms with E-state index in [0.717, 1.165) is 0 Å². The van der Waals surface area contributed by atoms with Crippen LogP contribution in [0.15, 0.2) is 53.8 Å². The van der Waals surface area contributed by atoms with Crippen LogP contribution < -0.4 is 10.2 Å². The lowest BCUT2D eigenvalue weighted by atomic mass is 10.2. The Kier molecular flexibility index (Phi) is 4.23. The summed E-state index contributed by atoms with van der Waals surface area (Å²) in [6.45, 7) is 0. The van der Waals surface area contributed by atoms with Crippen LogP contribution >= 0.6 is 0 Å². The lowest BCUT2D eigenvalue weighted by Crippen LogP contribution is -2.17. The van der Waals surface area contributed by atoms with E-state index < -0.39 is 0 Å². The standard InChI is InChI=1S/C14H13N3O2/c1-19-13-7-4-5-11(9-13)14(18)17-16-10-12-6-2-3-8-15-12/h2-10H,1H3,(H,17,18)/b16-10+. The van der Waals surface area contributed by atoms with Gasteiger partial charge in [-0.25, -0.2) is 5.43 Å². The fourth-order valence-corrected chi connectivity index (χ4v) is 1.44. The van der Waals surface area contributed by atoms with Crippen molar-refractivity contribution < 1.29 is 9.53 Å². The van der Waals surface area contributed by atoms with Crippen LogP contribution in [-0.4, -0.2) is 24.2 Å². The second-order valence-electron chi connectivity index (χ2n) is 3.69. The van der Waals surface area contributed by atoms with Gasteiger partial charge in [0.25, 0.3) is 5.91 Å². The maximum Gasteiger partial charge on any atom is 0.271 e. The Morgan fingerprint density at radius 2 is 2.21 bits per heavy atom. The van der Waals surface area contributed by atoms with Crippen molar-refractivity contribution in [2.24, 2.45) is 5.10 Å². The average Bonchev–Trinajstić information content (AvgIpc) is 2.48. The molecule has 0 saturated carbocycles. The summed E-state index contributed by atoms with van der Waals surface area (Å²) in [6, 6.07) is 12.3. The fourth-order valence-electron chi connectivity index (χ4n) is 1.44. The number of hydrogen-bond acceptors (Lipinski definition) is 4. The summed E-state index contributed by atoms with van der Waals surface area (Å²) in [4.78, 5) is 15.9. The first-order chi connectivity index (χ1) is 9.29. The second-order valence-corrected chi connectivity index (χ2v) is 3.69. The van der Waals surface area contributed by atoms with Crippen LogP contribution in [0, 0.1) is 0 Å². The number of nitrogens with zero attached hydrogens (tertiary/aromatic N) is 2. The summed E-state index contributed by atoms with van der Waals surface area (Å²) < 4.78 is 5.05. The van der Waals surface area contributed by atoms with E-state index in [1.54, 1.807) is 43.6 Å². The molecular formula is C14H13N3O2. The molecule has 1 aromatic carbocycles. The van der Waals surface area contributed by atoms with Crippen molar-refractivity contribution in [1.29, 1.82) is 0 Å². The summed E-state index contributed by atoms with van der Waals surface area (Å²) in [5, 5.41) is 3.85. The molecule has 0 saturated heterocycles. The highest BCUT2D eigenvalue weighted by Gasteiger charge is 2.04. The van der Waals surface area contributed by atoms with Gasteiger partial charge in [0.05, 0.1) is 19.0 Å². The largest absolute Gasteiger partial charge is 0.497 e. The van der Waals surface area contributed by atoms with Gasteiger partial charge in [0.2, 0.25) is 0 Å². The molecule has 0 unspecified atom stereocenters. The van der Waals surface area contributed by atoms with Crippen LogP contribution in [0.4, 0.5) is 0 Å². The number of hydrogen-bond donors (Lipinski definition) is 1. The second kappa shape index (κ2) is 6.30. The highest BCUT2D eigenvalue weighted by Crippen LogP contribution is 2.12. The Morgan fingerprint density at radius 1 is 1.32 bits per heavy atom. The molecule has 1 heterocycles.